The van der Waals surface area contributed by atoms with Crippen LogP contribution in [0.25, 0.3) is 0 Å². The molecule has 0 N–H and O–H groups in total. The Morgan fingerprint density at radius 2 is 1.61 bits per heavy atom. The van der Waals surface area contributed by atoms with Gasteiger partial charge in [0, 0.05) is 24.3 Å². The summed E-state index contributed by atoms with van der Waals surface area (Å²) in [6.45, 7) is 8.82. The number of Topliss-reactive ketones (excluding diaryl/α,β-unsaturated/α-hetero) is 1. The fraction of sp³-hybridized carbons (Fsp3) is 0.720. The largest absolute Gasteiger partial charge is 0.458 e. The first-order valence-electron chi connectivity index (χ1n) is 11.4. The zero-order valence-corrected chi connectivity index (χ0v) is 19.9. The number of fused-ring (bicyclic) bond motifs is 5. The van der Waals surface area contributed by atoms with E-state index in [0.717, 1.165) is 42.7 Å². The Balaban J connectivity index is 1.73. The SMILES string of the molecule is CC(=O)O[C@H]1C=C2C(Cl)=C[C@H]3C4CC[C@](OC(C)=O)(C(C)=O)[C@@]4(C)CC[C@@H]3[C@@]2(C)CC1. The van der Waals surface area contributed by atoms with Crippen LogP contribution in [0.3, 0.4) is 0 Å². The van der Waals surface area contributed by atoms with Gasteiger partial charge in [0.25, 0.3) is 0 Å². The fourth-order valence-electron chi connectivity index (χ4n) is 7.57. The predicted octanol–water partition coefficient (Wildman–Crippen LogP) is 5.11. The monoisotopic (exact) mass is 448 g/mol. The Hall–Kier alpha value is -1.62. The molecule has 5 nitrogen and oxygen atoms in total. The second-order valence-electron chi connectivity index (χ2n) is 10.5. The molecule has 4 aliphatic rings. The van der Waals surface area contributed by atoms with Crippen LogP contribution >= 0.6 is 11.6 Å². The van der Waals surface area contributed by atoms with Gasteiger partial charge in [0.1, 0.15) is 6.10 Å². The molecule has 0 bridgehead atoms. The molecule has 6 heteroatoms. The zero-order chi connectivity index (χ0) is 22.8. The second kappa shape index (κ2) is 7.47. The van der Waals surface area contributed by atoms with Gasteiger partial charge in [-0.25, -0.2) is 0 Å². The second-order valence-corrected chi connectivity index (χ2v) is 10.9. The van der Waals surface area contributed by atoms with Crippen LogP contribution < -0.4 is 0 Å². The van der Waals surface area contributed by atoms with E-state index in [1.807, 2.05) is 6.08 Å². The van der Waals surface area contributed by atoms with Crippen molar-refractivity contribution < 1.29 is 23.9 Å². The molecule has 31 heavy (non-hydrogen) atoms. The molecule has 7 atom stereocenters. The lowest BCUT2D eigenvalue weighted by molar-refractivity contribution is -0.185. The van der Waals surface area contributed by atoms with Gasteiger partial charge in [0.05, 0.1) is 0 Å². The number of carbonyl (C=O) groups excluding carboxylic acids is 3. The lowest BCUT2D eigenvalue weighted by Gasteiger charge is -2.58. The van der Waals surface area contributed by atoms with E-state index >= 15 is 0 Å². The molecule has 0 saturated heterocycles. The number of hydrogen-bond donors (Lipinski definition) is 0. The molecule has 0 spiro atoms. The quantitative estimate of drug-likeness (QED) is 0.561. The number of allylic oxidation sites excluding steroid dienone is 3. The summed E-state index contributed by atoms with van der Waals surface area (Å²) in [5.74, 6) is 0.147. The number of ether oxygens (including phenoxy) is 2. The minimum Gasteiger partial charge on any atom is -0.458 e. The van der Waals surface area contributed by atoms with Gasteiger partial charge < -0.3 is 9.47 Å². The van der Waals surface area contributed by atoms with Crippen LogP contribution in [0.2, 0.25) is 0 Å². The maximum absolute atomic E-state index is 12.8. The molecule has 1 unspecified atom stereocenters. The third-order valence-corrected chi connectivity index (χ3v) is 9.32. The highest BCUT2D eigenvalue weighted by Gasteiger charge is 2.67. The Morgan fingerprint density at radius 3 is 2.23 bits per heavy atom. The highest BCUT2D eigenvalue weighted by atomic mass is 35.5. The first-order chi connectivity index (χ1) is 14.4. The molecule has 4 aliphatic carbocycles. The van der Waals surface area contributed by atoms with Crippen molar-refractivity contribution in [2.75, 3.05) is 0 Å². The lowest BCUT2D eigenvalue weighted by atomic mass is 9.48. The van der Waals surface area contributed by atoms with Crippen LogP contribution in [0.15, 0.2) is 22.8 Å². The van der Waals surface area contributed by atoms with Crippen LogP contribution in [0.1, 0.15) is 73.1 Å². The van der Waals surface area contributed by atoms with Crippen LogP contribution in [-0.4, -0.2) is 29.4 Å². The lowest BCUT2D eigenvalue weighted by Crippen LogP contribution is -2.58. The van der Waals surface area contributed by atoms with Crippen molar-refractivity contribution in [3.05, 3.63) is 22.8 Å². The third-order valence-electron chi connectivity index (χ3n) is 8.99. The Bertz CT molecular complexity index is 890. The minimum absolute atomic E-state index is 0.0503. The van der Waals surface area contributed by atoms with E-state index < -0.39 is 17.0 Å². The van der Waals surface area contributed by atoms with Gasteiger partial charge >= 0.3 is 11.9 Å². The molecule has 170 valence electrons. The summed E-state index contributed by atoms with van der Waals surface area (Å²) in [5, 5.41) is 0.734. The molecule has 0 heterocycles. The van der Waals surface area contributed by atoms with E-state index in [1.54, 1.807) is 6.92 Å². The number of halogens is 1. The van der Waals surface area contributed by atoms with Crippen molar-refractivity contribution >= 4 is 29.3 Å². The van der Waals surface area contributed by atoms with Crippen molar-refractivity contribution in [1.29, 1.82) is 0 Å². The highest BCUT2D eigenvalue weighted by Crippen LogP contribution is 2.68. The molecule has 4 rings (SSSR count). The molecule has 0 aromatic rings. The van der Waals surface area contributed by atoms with Gasteiger partial charge in [-0.1, -0.05) is 31.5 Å². The van der Waals surface area contributed by atoms with Crippen LogP contribution in [0.4, 0.5) is 0 Å². The molecule has 0 aliphatic heterocycles. The number of esters is 2. The standard InChI is InChI=1S/C25H33ClO5/c1-14(27)25(31-16(3)29)11-8-20-18-13-22(26)21-12-17(30-15(2)28)6-9-23(21,4)19(18)7-10-24(20,25)5/h12-13,17-20H,6-11H2,1-5H3/t17-,18-,19+,20?,23-,24+,25+/m1/s1. The number of rotatable bonds is 3. The molecule has 0 aromatic heterocycles. The van der Waals surface area contributed by atoms with Crippen molar-refractivity contribution in [3.8, 4) is 0 Å². The molecule has 0 radical (unpaired) electrons. The van der Waals surface area contributed by atoms with Crippen LogP contribution in [-0.2, 0) is 23.9 Å². The van der Waals surface area contributed by atoms with E-state index in [2.05, 4.69) is 19.9 Å². The molecular weight excluding hydrogens is 416 g/mol. The third kappa shape index (κ3) is 3.21. The van der Waals surface area contributed by atoms with Crippen molar-refractivity contribution in [3.63, 3.8) is 0 Å². The average molecular weight is 449 g/mol. The maximum atomic E-state index is 12.8. The van der Waals surface area contributed by atoms with Crippen molar-refractivity contribution in [1.82, 2.24) is 0 Å². The maximum Gasteiger partial charge on any atom is 0.303 e. The van der Waals surface area contributed by atoms with E-state index in [4.69, 9.17) is 21.1 Å². The normalized spacial score (nSPS) is 43.5. The molecule has 2 saturated carbocycles. The summed E-state index contributed by atoms with van der Waals surface area (Å²) in [7, 11) is 0. The van der Waals surface area contributed by atoms with E-state index in [1.165, 1.54) is 13.8 Å². The first-order valence-corrected chi connectivity index (χ1v) is 11.8. The van der Waals surface area contributed by atoms with E-state index in [0.29, 0.717) is 12.3 Å². The van der Waals surface area contributed by atoms with Gasteiger partial charge in [-0.15, -0.1) is 0 Å². The molecular formula is C25H33ClO5. The van der Waals surface area contributed by atoms with Gasteiger partial charge in [-0.3, -0.25) is 14.4 Å². The first kappa shape index (κ1) is 22.6. The number of hydrogen-bond acceptors (Lipinski definition) is 5. The topological polar surface area (TPSA) is 69.7 Å². The minimum atomic E-state index is -1.04. The van der Waals surface area contributed by atoms with E-state index in [-0.39, 0.29) is 35.1 Å². The predicted molar refractivity (Wildman–Crippen MR) is 117 cm³/mol. The summed E-state index contributed by atoms with van der Waals surface area (Å²) in [5.41, 5.74) is -0.436. The summed E-state index contributed by atoms with van der Waals surface area (Å²) in [6, 6.07) is 0. The summed E-state index contributed by atoms with van der Waals surface area (Å²) in [6.07, 6.45) is 8.89. The number of ketones is 1. The van der Waals surface area contributed by atoms with Gasteiger partial charge in [0.15, 0.2) is 11.4 Å². The highest BCUT2D eigenvalue weighted by molar-refractivity contribution is 6.32. The van der Waals surface area contributed by atoms with Crippen molar-refractivity contribution in [2.24, 2.45) is 28.6 Å². The summed E-state index contributed by atoms with van der Waals surface area (Å²) in [4.78, 5) is 36.2. The van der Waals surface area contributed by atoms with Crippen LogP contribution in [0.5, 0.6) is 0 Å². The Morgan fingerprint density at radius 1 is 0.935 bits per heavy atom. The molecule has 2 fully saturated rings. The summed E-state index contributed by atoms with van der Waals surface area (Å²) >= 11 is 6.86. The van der Waals surface area contributed by atoms with Gasteiger partial charge in [-0.2, -0.15) is 0 Å². The fourth-order valence-corrected chi connectivity index (χ4v) is 8.00. The summed E-state index contributed by atoms with van der Waals surface area (Å²) < 4.78 is 11.3. The van der Waals surface area contributed by atoms with Crippen molar-refractivity contribution in [2.45, 2.75) is 84.8 Å². The average Bonchev–Trinajstić information content (AvgIpc) is 2.96. The van der Waals surface area contributed by atoms with Crippen LogP contribution in [0, 0.1) is 28.6 Å². The van der Waals surface area contributed by atoms with Gasteiger partial charge in [0.2, 0.25) is 0 Å². The van der Waals surface area contributed by atoms with E-state index in [9.17, 15) is 14.4 Å². The van der Waals surface area contributed by atoms with Gasteiger partial charge in [-0.05, 0) is 80.3 Å². The Kier molecular flexibility index (Phi) is 5.44. The zero-order valence-electron chi connectivity index (χ0n) is 19.1. The number of carbonyl (C=O) groups is 3. The molecule has 0 aromatic carbocycles. The smallest absolute Gasteiger partial charge is 0.303 e. The Labute approximate surface area is 189 Å². The molecule has 0 amide bonds.